The molecule has 0 aliphatic heterocycles. The van der Waals surface area contributed by atoms with Gasteiger partial charge in [0.25, 0.3) is 0 Å². The number of esters is 1. The Labute approximate surface area is 136 Å². The first-order valence-electron chi connectivity index (χ1n) is 7.75. The van der Waals surface area contributed by atoms with Crippen molar-refractivity contribution in [3.63, 3.8) is 0 Å². The number of benzene rings is 2. The van der Waals surface area contributed by atoms with Crippen LogP contribution in [0.4, 0.5) is 0 Å². The lowest BCUT2D eigenvalue weighted by atomic mass is 9.93. The highest BCUT2D eigenvalue weighted by molar-refractivity contribution is 5.80. The van der Waals surface area contributed by atoms with Crippen LogP contribution in [0.2, 0.25) is 0 Å². The van der Waals surface area contributed by atoms with Crippen LogP contribution >= 0.6 is 0 Å². The van der Waals surface area contributed by atoms with Crippen molar-refractivity contribution >= 4 is 5.97 Å². The average molecular weight is 314 g/mol. The van der Waals surface area contributed by atoms with Gasteiger partial charge in [-0.05, 0) is 55.7 Å². The first-order valence-corrected chi connectivity index (χ1v) is 7.75. The number of carbonyl (C=O) groups is 1. The van der Waals surface area contributed by atoms with E-state index in [0.29, 0.717) is 11.3 Å². The lowest BCUT2D eigenvalue weighted by Gasteiger charge is -2.23. The monoisotopic (exact) mass is 314 g/mol. The van der Waals surface area contributed by atoms with Crippen LogP contribution in [-0.4, -0.2) is 17.7 Å². The second-order valence-electron chi connectivity index (χ2n) is 5.38. The Morgan fingerprint density at radius 2 is 1.83 bits per heavy atom. The standard InChI is InChI=1S/C19H22O4/c1-4-14-13-15(19(3,21)18(20)22-5-2)11-12-17(14)23-16-9-7-6-8-10-16/h6-13,21H,4-5H2,1-3H3. The molecule has 0 spiro atoms. The third-order valence-electron chi connectivity index (χ3n) is 3.65. The van der Waals surface area contributed by atoms with Crippen molar-refractivity contribution in [3.8, 4) is 11.5 Å². The van der Waals surface area contributed by atoms with Crippen LogP contribution in [-0.2, 0) is 21.6 Å². The molecule has 0 bridgehead atoms. The van der Waals surface area contributed by atoms with Gasteiger partial charge in [-0.25, -0.2) is 4.79 Å². The molecule has 0 saturated heterocycles. The maximum Gasteiger partial charge on any atom is 0.342 e. The Kier molecular flexibility index (Phi) is 5.40. The van der Waals surface area contributed by atoms with Crippen LogP contribution in [0, 0.1) is 0 Å². The van der Waals surface area contributed by atoms with Crippen LogP contribution in [0.3, 0.4) is 0 Å². The van der Waals surface area contributed by atoms with Gasteiger partial charge in [-0.15, -0.1) is 0 Å². The molecule has 0 saturated carbocycles. The molecule has 4 heteroatoms. The highest BCUT2D eigenvalue weighted by atomic mass is 16.5. The molecule has 0 fully saturated rings. The molecule has 0 heterocycles. The van der Waals surface area contributed by atoms with Crippen LogP contribution in [0.5, 0.6) is 11.5 Å². The number of ether oxygens (including phenoxy) is 2. The second-order valence-corrected chi connectivity index (χ2v) is 5.38. The summed E-state index contributed by atoms with van der Waals surface area (Å²) in [7, 11) is 0. The Morgan fingerprint density at radius 1 is 1.13 bits per heavy atom. The van der Waals surface area contributed by atoms with E-state index in [1.807, 2.05) is 37.3 Å². The van der Waals surface area contributed by atoms with Gasteiger partial charge in [0.1, 0.15) is 11.5 Å². The molecule has 1 unspecified atom stereocenters. The molecule has 23 heavy (non-hydrogen) atoms. The zero-order chi connectivity index (χ0) is 16.9. The molecule has 1 atom stereocenters. The minimum atomic E-state index is -1.68. The maximum atomic E-state index is 11.9. The van der Waals surface area contributed by atoms with Gasteiger partial charge >= 0.3 is 5.97 Å². The van der Waals surface area contributed by atoms with E-state index in [1.54, 1.807) is 25.1 Å². The van der Waals surface area contributed by atoms with Crippen LogP contribution < -0.4 is 4.74 Å². The largest absolute Gasteiger partial charge is 0.464 e. The molecular formula is C19H22O4. The number of hydrogen-bond acceptors (Lipinski definition) is 4. The quantitative estimate of drug-likeness (QED) is 0.824. The van der Waals surface area contributed by atoms with Gasteiger partial charge in [0.15, 0.2) is 5.60 Å². The summed E-state index contributed by atoms with van der Waals surface area (Å²) in [6, 6.07) is 14.7. The van der Waals surface area contributed by atoms with Crippen molar-refractivity contribution in [3.05, 3.63) is 59.7 Å². The Hall–Kier alpha value is -2.33. The van der Waals surface area contributed by atoms with E-state index >= 15 is 0 Å². The number of carbonyl (C=O) groups excluding carboxylic acids is 1. The SMILES string of the molecule is CCOC(=O)C(C)(O)c1ccc(Oc2ccccc2)c(CC)c1. The predicted molar refractivity (Wildman–Crippen MR) is 88.5 cm³/mol. The van der Waals surface area contributed by atoms with Crippen LogP contribution in [0.25, 0.3) is 0 Å². The first kappa shape index (κ1) is 17.0. The van der Waals surface area contributed by atoms with E-state index in [0.717, 1.165) is 17.7 Å². The van der Waals surface area contributed by atoms with Crippen molar-refractivity contribution in [1.29, 1.82) is 0 Å². The molecule has 1 N–H and O–H groups in total. The molecule has 0 aliphatic carbocycles. The molecule has 0 amide bonds. The number of para-hydroxylation sites is 1. The number of hydrogen-bond donors (Lipinski definition) is 1. The van der Waals surface area contributed by atoms with Gasteiger partial charge in [0.2, 0.25) is 0 Å². The minimum Gasteiger partial charge on any atom is -0.464 e. The van der Waals surface area contributed by atoms with Gasteiger partial charge < -0.3 is 14.6 Å². The smallest absolute Gasteiger partial charge is 0.342 e. The molecule has 2 aromatic rings. The van der Waals surface area contributed by atoms with E-state index < -0.39 is 11.6 Å². The molecule has 2 rings (SSSR count). The molecule has 2 aromatic carbocycles. The zero-order valence-electron chi connectivity index (χ0n) is 13.7. The van der Waals surface area contributed by atoms with E-state index in [-0.39, 0.29) is 6.61 Å². The molecule has 122 valence electrons. The van der Waals surface area contributed by atoms with Crippen molar-refractivity contribution in [2.45, 2.75) is 32.8 Å². The van der Waals surface area contributed by atoms with Gasteiger partial charge in [-0.2, -0.15) is 0 Å². The van der Waals surface area contributed by atoms with Crippen LogP contribution in [0.1, 0.15) is 31.9 Å². The average Bonchev–Trinajstić information content (AvgIpc) is 2.56. The van der Waals surface area contributed by atoms with Crippen molar-refractivity contribution in [1.82, 2.24) is 0 Å². The second kappa shape index (κ2) is 7.29. The maximum absolute atomic E-state index is 11.9. The molecule has 0 radical (unpaired) electrons. The third-order valence-corrected chi connectivity index (χ3v) is 3.65. The lowest BCUT2D eigenvalue weighted by molar-refractivity contribution is -0.164. The van der Waals surface area contributed by atoms with Crippen LogP contribution in [0.15, 0.2) is 48.5 Å². The van der Waals surface area contributed by atoms with Gasteiger partial charge in [-0.3, -0.25) is 0 Å². The first-order chi connectivity index (χ1) is 11.0. The fourth-order valence-corrected chi connectivity index (χ4v) is 2.26. The summed E-state index contributed by atoms with van der Waals surface area (Å²) in [6.45, 7) is 5.38. The normalized spacial score (nSPS) is 13.2. The molecule has 0 aromatic heterocycles. The number of aryl methyl sites for hydroxylation is 1. The minimum absolute atomic E-state index is 0.227. The Balaban J connectivity index is 2.31. The summed E-state index contributed by atoms with van der Waals surface area (Å²) >= 11 is 0. The summed E-state index contributed by atoms with van der Waals surface area (Å²) in [4.78, 5) is 11.9. The van der Waals surface area contributed by atoms with Gasteiger partial charge in [-0.1, -0.05) is 31.2 Å². The summed E-state index contributed by atoms with van der Waals surface area (Å²) in [5.74, 6) is 0.799. The summed E-state index contributed by atoms with van der Waals surface area (Å²) in [5.41, 5.74) is -0.269. The van der Waals surface area contributed by atoms with Gasteiger partial charge in [0, 0.05) is 0 Å². The number of rotatable bonds is 6. The molecule has 4 nitrogen and oxygen atoms in total. The summed E-state index contributed by atoms with van der Waals surface area (Å²) < 4.78 is 10.8. The zero-order valence-corrected chi connectivity index (χ0v) is 13.7. The predicted octanol–water partition coefficient (Wildman–Crippen LogP) is 3.81. The Bertz CT molecular complexity index is 662. The molecular weight excluding hydrogens is 292 g/mol. The van der Waals surface area contributed by atoms with E-state index in [9.17, 15) is 9.90 Å². The highest BCUT2D eigenvalue weighted by Crippen LogP contribution is 2.31. The lowest BCUT2D eigenvalue weighted by Crippen LogP contribution is -2.34. The third kappa shape index (κ3) is 3.90. The van der Waals surface area contributed by atoms with Crippen molar-refractivity contribution in [2.24, 2.45) is 0 Å². The van der Waals surface area contributed by atoms with E-state index in [2.05, 4.69) is 0 Å². The number of aliphatic hydroxyl groups is 1. The van der Waals surface area contributed by atoms with E-state index in [1.165, 1.54) is 6.92 Å². The topological polar surface area (TPSA) is 55.8 Å². The van der Waals surface area contributed by atoms with Crippen molar-refractivity contribution < 1.29 is 19.4 Å². The summed E-state index contributed by atoms with van der Waals surface area (Å²) in [5, 5.41) is 10.5. The summed E-state index contributed by atoms with van der Waals surface area (Å²) in [6.07, 6.45) is 0.717. The Morgan fingerprint density at radius 3 is 2.43 bits per heavy atom. The highest BCUT2D eigenvalue weighted by Gasteiger charge is 2.34. The molecule has 0 aliphatic rings. The fraction of sp³-hybridized carbons (Fsp3) is 0.316. The fourth-order valence-electron chi connectivity index (χ4n) is 2.26. The van der Waals surface area contributed by atoms with Crippen molar-refractivity contribution in [2.75, 3.05) is 6.61 Å². The van der Waals surface area contributed by atoms with Gasteiger partial charge in [0.05, 0.1) is 6.61 Å². The van der Waals surface area contributed by atoms with E-state index in [4.69, 9.17) is 9.47 Å².